The first-order chi connectivity index (χ1) is 11.0. The van der Waals surface area contributed by atoms with E-state index < -0.39 is 0 Å². The molecule has 1 aromatic carbocycles. The molecule has 0 saturated carbocycles. The minimum absolute atomic E-state index is 0.0546. The number of aromatic amines is 1. The van der Waals surface area contributed by atoms with Gasteiger partial charge in [0.05, 0.1) is 17.6 Å². The quantitative estimate of drug-likeness (QED) is 0.694. The fourth-order valence-electron chi connectivity index (χ4n) is 2.01. The van der Waals surface area contributed by atoms with Gasteiger partial charge in [-0.25, -0.2) is 14.2 Å². The molecule has 0 aliphatic rings. The summed E-state index contributed by atoms with van der Waals surface area (Å²) in [5.41, 5.74) is 1.38. The number of carbonyl (C=O) groups excluding carboxylic acids is 2. The minimum atomic E-state index is -0.311. The van der Waals surface area contributed by atoms with E-state index in [-0.39, 0.29) is 24.3 Å². The van der Waals surface area contributed by atoms with Crippen molar-refractivity contribution < 1.29 is 14.0 Å². The smallest absolute Gasteiger partial charge is 0.317 e. The van der Waals surface area contributed by atoms with Gasteiger partial charge in [0.25, 0.3) is 0 Å². The van der Waals surface area contributed by atoms with E-state index in [0.29, 0.717) is 24.9 Å². The van der Waals surface area contributed by atoms with E-state index in [0.717, 1.165) is 11.3 Å². The third-order valence-electron chi connectivity index (χ3n) is 3.21. The summed E-state index contributed by atoms with van der Waals surface area (Å²) in [4.78, 5) is 31.6. The van der Waals surface area contributed by atoms with Crippen LogP contribution in [0.1, 0.15) is 12.2 Å². The van der Waals surface area contributed by atoms with E-state index in [9.17, 15) is 14.0 Å². The molecular weight excluding hydrogens is 301 g/mol. The Morgan fingerprint density at radius 3 is 2.83 bits per heavy atom. The summed E-state index contributed by atoms with van der Waals surface area (Å²) in [6.45, 7) is 0.420. The molecule has 23 heavy (non-hydrogen) atoms. The van der Waals surface area contributed by atoms with Crippen LogP contribution in [0.2, 0.25) is 0 Å². The van der Waals surface area contributed by atoms with Crippen LogP contribution in [0.5, 0.6) is 0 Å². The van der Waals surface area contributed by atoms with Gasteiger partial charge in [-0.1, -0.05) is 0 Å². The molecule has 0 spiro atoms. The Morgan fingerprint density at radius 2 is 2.09 bits per heavy atom. The Labute approximate surface area is 133 Å². The summed E-state index contributed by atoms with van der Waals surface area (Å²) in [5, 5.41) is 5.20. The van der Waals surface area contributed by atoms with Crippen molar-refractivity contribution in [3.8, 4) is 0 Å². The lowest BCUT2D eigenvalue weighted by Crippen LogP contribution is -2.41. The van der Waals surface area contributed by atoms with Crippen molar-refractivity contribution in [3.05, 3.63) is 29.8 Å². The number of imidazole rings is 1. The number of benzene rings is 1. The molecule has 0 fully saturated rings. The minimum Gasteiger partial charge on any atom is -0.355 e. The second-order valence-electron chi connectivity index (χ2n) is 5.35. The molecule has 2 rings (SSSR count). The number of nitrogens with zero attached hydrogens (tertiary/aromatic N) is 2. The number of urea groups is 1. The Morgan fingerprint density at radius 1 is 1.30 bits per heavy atom. The Hall–Kier alpha value is -2.64. The van der Waals surface area contributed by atoms with Crippen LogP contribution >= 0.6 is 0 Å². The lowest BCUT2D eigenvalue weighted by molar-refractivity contribution is -0.120. The molecule has 0 bridgehead atoms. The number of aryl methyl sites for hydroxylation is 1. The predicted molar refractivity (Wildman–Crippen MR) is 84.5 cm³/mol. The van der Waals surface area contributed by atoms with Crippen molar-refractivity contribution in [1.29, 1.82) is 0 Å². The molecule has 2 aromatic rings. The monoisotopic (exact) mass is 321 g/mol. The van der Waals surface area contributed by atoms with E-state index in [1.807, 2.05) is 0 Å². The summed E-state index contributed by atoms with van der Waals surface area (Å²) in [5.74, 6) is 0.201. The zero-order chi connectivity index (χ0) is 16.8. The van der Waals surface area contributed by atoms with Gasteiger partial charge in [0, 0.05) is 27.1 Å². The lowest BCUT2D eigenvalue weighted by Gasteiger charge is -2.11. The van der Waals surface area contributed by atoms with Crippen molar-refractivity contribution in [1.82, 2.24) is 25.5 Å². The maximum Gasteiger partial charge on any atom is 0.317 e. The highest BCUT2D eigenvalue weighted by Gasteiger charge is 2.07. The summed E-state index contributed by atoms with van der Waals surface area (Å²) in [6, 6.07) is 4.09. The Bertz CT molecular complexity index is 698. The maximum absolute atomic E-state index is 13.1. The highest BCUT2D eigenvalue weighted by atomic mass is 19.1. The summed E-state index contributed by atoms with van der Waals surface area (Å²) >= 11 is 0. The molecule has 0 saturated heterocycles. The molecule has 0 aliphatic carbocycles. The number of rotatable bonds is 6. The van der Waals surface area contributed by atoms with E-state index in [4.69, 9.17) is 0 Å². The van der Waals surface area contributed by atoms with Gasteiger partial charge in [-0.15, -0.1) is 0 Å². The zero-order valence-corrected chi connectivity index (χ0v) is 13.1. The van der Waals surface area contributed by atoms with E-state index >= 15 is 0 Å². The van der Waals surface area contributed by atoms with Crippen molar-refractivity contribution in [2.45, 2.75) is 12.8 Å². The summed E-state index contributed by atoms with van der Waals surface area (Å²) in [7, 11) is 3.21. The van der Waals surface area contributed by atoms with E-state index in [1.165, 1.54) is 17.0 Å². The highest BCUT2D eigenvalue weighted by molar-refractivity contribution is 5.83. The second kappa shape index (κ2) is 7.57. The van der Waals surface area contributed by atoms with Gasteiger partial charge in [-0.05, 0) is 24.6 Å². The number of halogens is 1. The molecule has 0 aliphatic heterocycles. The lowest BCUT2D eigenvalue weighted by atomic mass is 10.3. The Kier molecular flexibility index (Phi) is 5.51. The highest BCUT2D eigenvalue weighted by Crippen LogP contribution is 2.13. The average Bonchev–Trinajstić information content (AvgIpc) is 2.90. The average molecular weight is 321 g/mol. The zero-order valence-electron chi connectivity index (χ0n) is 13.1. The van der Waals surface area contributed by atoms with Crippen LogP contribution in [0, 0.1) is 5.82 Å². The number of H-pyrrole nitrogens is 1. The van der Waals surface area contributed by atoms with Crippen molar-refractivity contribution in [2.75, 3.05) is 27.2 Å². The van der Waals surface area contributed by atoms with Crippen LogP contribution in [0.25, 0.3) is 11.0 Å². The van der Waals surface area contributed by atoms with Gasteiger partial charge in [-0.2, -0.15) is 0 Å². The van der Waals surface area contributed by atoms with Gasteiger partial charge in [-0.3, -0.25) is 4.79 Å². The van der Waals surface area contributed by atoms with Gasteiger partial charge in [0.1, 0.15) is 11.6 Å². The first-order valence-corrected chi connectivity index (χ1v) is 7.31. The van der Waals surface area contributed by atoms with E-state index in [2.05, 4.69) is 20.6 Å². The van der Waals surface area contributed by atoms with Gasteiger partial charge in [0.15, 0.2) is 0 Å². The maximum atomic E-state index is 13.1. The van der Waals surface area contributed by atoms with Gasteiger partial charge in [0.2, 0.25) is 5.91 Å². The van der Waals surface area contributed by atoms with Crippen LogP contribution in [0.4, 0.5) is 9.18 Å². The normalized spacial score (nSPS) is 10.6. The number of fused-ring (bicyclic) bond motifs is 1. The second-order valence-corrected chi connectivity index (χ2v) is 5.35. The van der Waals surface area contributed by atoms with Crippen LogP contribution in [-0.4, -0.2) is 54.0 Å². The van der Waals surface area contributed by atoms with Gasteiger partial charge < -0.3 is 20.5 Å². The molecule has 0 radical (unpaired) electrons. The molecule has 124 valence electrons. The number of carbonyl (C=O) groups is 2. The Balaban J connectivity index is 1.70. The molecule has 0 atom stereocenters. The largest absolute Gasteiger partial charge is 0.355 e. The number of amides is 3. The van der Waals surface area contributed by atoms with Crippen molar-refractivity contribution in [2.24, 2.45) is 0 Å². The third-order valence-corrected chi connectivity index (χ3v) is 3.21. The van der Waals surface area contributed by atoms with Gasteiger partial charge >= 0.3 is 6.03 Å². The number of aromatic nitrogens is 2. The number of hydrogen-bond donors (Lipinski definition) is 3. The molecule has 1 heterocycles. The van der Waals surface area contributed by atoms with Crippen molar-refractivity contribution >= 4 is 23.0 Å². The van der Waals surface area contributed by atoms with Crippen molar-refractivity contribution in [3.63, 3.8) is 0 Å². The fraction of sp³-hybridized carbons (Fsp3) is 0.400. The predicted octanol–water partition coefficient (Wildman–Crippen LogP) is 1.02. The van der Waals surface area contributed by atoms with Crippen LogP contribution in [0.15, 0.2) is 18.2 Å². The summed E-state index contributed by atoms with van der Waals surface area (Å²) in [6.07, 6.45) is 1.33. The van der Waals surface area contributed by atoms with E-state index in [1.54, 1.807) is 20.2 Å². The number of nitrogens with one attached hydrogen (secondary N) is 3. The van der Waals surface area contributed by atoms with Crippen LogP contribution in [0.3, 0.4) is 0 Å². The topological polar surface area (TPSA) is 90.1 Å². The first-order valence-electron chi connectivity index (χ1n) is 7.31. The van der Waals surface area contributed by atoms with Crippen LogP contribution in [-0.2, 0) is 11.2 Å². The van der Waals surface area contributed by atoms with Crippen LogP contribution < -0.4 is 10.6 Å². The summed E-state index contributed by atoms with van der Waals surface area (Å²) < 4.78 is 13.1. The molecule has 0 unspecified atom stereocenters. The molecule has 8 heteroatoms. The molecule has 3 N–H and O–H groups in total. The molecular formula is C15H20FN5O2. The number of hydrogen-bond acceptors (Lipinski definition) is 3. The molecule has 3 amide bonds. The first kappa shape index (κ1) is 16.7. The SMILES string of the molecule is CN(C)C(=O)NCC(=O)NCCCc1nc2ccc(F)cc2[nH]1. The standard InChI is InChI=1S/C15H20FN5O2/c1-21(2)15(23)18-9-14(22)17-7-3-4-13-19-11-6-5-10(16)8-12(11)20-13/h5-6,8H,3-4,7,9H2,1-2H3,(H,17,22)(H,18,23)(H,19,20). The molecule has 7 nitrogen and oxygen atoms in total. The third kappa shape index (κ3) is 4.94. The molecule has 1 aromatic heterocycles. The fourth-order valence-corrected chi connectivity index (χ4v) is 2.01.